The normalized spacial score (nSPS) is 14.2. The minimum absolute atomic E-state index is 0.0299. The van der Waals surface area contributed by atoms with E-state index in [4.69, 9.17) is 4.74 Å². The quantitative estimate of drug-likeness (QED) is 0.678. The van der Waals surface area contributed by atoms with Crippen LogP contribution in [-0.2, 0) is 10.3 Å². The molecule has 0 spiro atoms. The third-order valence-electron chi connectivity index (χ3n) is 4.83. The van der Waals surface area contributed by atoms with Gasteiger partial charge in [0.15, 0.2) is 5.60 Å². The Kier molecular flexibility index (Phi) is 3.96. The van der Waals surface area contributed by atoms with Crippen molar-refractivity contribution in [3.8, 4) is 0 Å². The number of carboxylic acids is 2. The van der Waals surface area contributed by atoms with E-state index in [9.17, 15) is 24.6 Å². The van der Waals surface area contributed by atoms with Gasteiger partial charge in [0.1, 0.15) is 0 Å². The van der Waals surface area contributed by atoms with Gasteiger partial charge >= 0.3 is 17.9 Å². The van der Waals surface area contributed by atoms with Crippen LogP contribution in [-0.4, -0.2) is 28.1 Å². The fourth-order valence-electron chi connectivity index (χ4n) is 3.70. The van der Waals surface area contributed by atoms with Crippen LogP contribution in [0, 0.1) is 0 Å². The molecular formula is C22H14O6. The summed E-state index contributed by atoms with van der Waals surface area (Å²) in [4.78, 5) is 36.5. The maximum Gasteiger partial charge on any atom is 0.340 e. The molecule has 0 atom stereocenters. The molecule has 0 unspecified atom stereocenters. The maximum absolute atomic E-state index is 12.7. The van der Waals surface area contributed by atoms with Crippen molar-refractivity contribution >= 4 is 17.9 Å². The topological polar surface area (TPSA) is 101 Å². The highest BCUT2D eigenvalue weighted by Gasteiger charge is 2.51. The average Bonchev–Trinajstić information content (AvgIpc) is 3.02. The van der Waals surface area contributed by atoms with Gasteiger partial charge in [-0.3, -0.25) is 0 Å². The van der Waals surface area contributed by atoms with Gasteiger partial charge in [-0.15, -0.1) is 0 Å². The first-order valence-electron chi connectivity index (χ1n) is 8.45. The van der Waals surface area contributed by atoms with Crippen molar-refractivity contribution in [2.24, 2.45) is 0 Å². The van der Waals surface area contributed by atoms with E-state index >= 15 is 0 Å². The van der Waals surface area contributed by atoms with E-state index in [1.165, 1.54) is 6.07 Å². The highest BCUT2D eigenvalue weighted by Crippen LogP contribution is 2.49. The number of hydrogen-bond acceptors (Lipinski definition) is 4. The summed E-state index contributed by atoms with van der Waals surface area (Å²) in [6.07, 6.45) is 0. The van der Waals surface area contributed by atoms with Crippen molar-refractivity contribution in [2.45, 2.75) is 5.60 Å². The SMILES string of the molecule is O=C(O)c1ccc2c(c1C(=O)O)C(c1ccccc1)(c1ccccc1)OC2=O. The Morgan fingerprint density at radius 3 is 1.75 bits per heavy atom. The van der Waals surface area contributed by atoms with Gasteiger partial charge < -0.3 is 14.9 Å². The van der Waals surface area contributed by atoms with Crippen molar-refractivity contribution < 1.29 is 29.3 Å². The molecule has 0 bridgehead atoms. The molecule has 6 heteroatoms. The van der Waals surface area contributed by atoms with E-state index in [0.717, 1.165) is 6.07 Å². The molecule has 3 aromatic carbocycles. The second kappa shape index (κ2) is 6.35. The molecule has 0 aromatic heterocycles. The highest BCUT2D eigenvalue weighted by molar-refractivity contribution is 6.08. The number of carbonyl (C=O) groups excluding carboxylic acids is 1. The number of aromatic carboxylic acids is 2. The molecule has 2 N–H and O–H groups in total. The summed E-state index contributed by atoms with van der Waals surface area (Å²) in [5.41, 5.74) is -1.30. The summed E-state index contributed by atoms with van der Waals surface area (Å²) in [7, 11) is 0. The predicted molar refractivity (Wildman–Crippen MR) is 98.5 cm³/mol. The molecule has 0 saturated heterocycles. The summed E-state index contributed by atoms with van der Waals surface area (Å²) >= 11 is 0. The van der Waals surface area contributed by atoms with E-state index in [2.05, 4.69) is 0 Å². The zero-order valence-corrected chi connectivity index (χ0v) is 14.5. The Morgan fingerprint density at radius 2 is 1.29 bits per heavy atom. The average molecular weight is 374 g/mol. The Bertz CT molecular complexity index is 1060. The molecule has 0 saturated carbocycles. The predicted octanol–water partition coefficient (Wildman–Crippen LogP) is 3.55. The lowest BCUT2D eigenvalue weighted by atomic mass is 9.76. The third kappa shape index (κ3) is 2.39. The molecule has 6 nitrogen and oxygen atoms in total. The molecular weight excluding hydrogens is 360 g/mol. The number of carbonyl (C=O) groups is 3. The summed E-state index contributed by atoms with van der Waals surface area (Å²) < 4.78 is 5.82. The van der Waals surface area contributed by atoms with Crippen LogP contribution in [0.2, 0.25) is 0 Å². The number of ether oxygens (including phenoxy) is 1. The zero-order valence-electron chi connectivity index (χ0n) is 14.5. The molecule has 28 heavy (non-hydrogen) atoms. The lowest BCUT2D eigenvalue weighted by Crippen LogP contribution is -2.32. The number of rotatable bonds is 4. The standard InChI is InChI=1S/C22H14O6/c23-19(24)15-11-12-16-18(17(15)20(25)26)22(28-21(16)27,13-7-3-1-4-8-13)14-9-5-2-6-10-14/h1-12H,(H,23,24)(H,25,26). The van der Waals surface area contributed by atoms with Gasteiger partial charge in [0.05, 0.1) is 16.7 Å². The molecule has 0 aliphatic carbocycles. The van der Waals surface area contributed by atoms with Crippen molar-refractivity contribution in [1.82, 2.24) is 0 Å². The minimum atomic E-state index is -1.56. The summed E-state index contributed by atoms with van der Waals surface area (Å²) in [6.45, 7) is 0. The summed E-state index contributed by atoms with van der Waals surface area (Å²) in [5.74, 6) is -3.54. The molecule has 1 heterocycles. The van der Waals surface area contributed by atoms with Gasteiger partial charge in [-0.05, 0) is 12.1 Å². The lowest BCUT2D eigenvalue weighted by Gasteiger charge is -2.31. The van der Waals surface area contributed by atoms with Gasteiger partial charge in [0, 0.05) is 16.7 Å². The molecule has 1 aliphatic heterocycles. The van der Waals surface area contributed by atoms with Crippen molar-refractivity contribution in [1.29, 1.82) is 0 Å². The number of esters is 1. The first-order chi connectivity index (χ1) is 13.5. The fraction of sp³-hybridized carbons (Fsp3) is 0.0455. The largest absolute Gasteiger partial charge is 0.478 e. The summed E-state index contributed by atoms with van der Waals surface area (Å²) in [6, 6.07) is 19.8. The fourth-order valence-corrected chi connectivity index (χ4v) is 3.70. The van der Waals surface area contributed by atoms with Crippen LogP contribution in [0.25, 0.3) is 0 Å². The minimum Gasteiger partial charge on any atom is -0.478 e. The van der Waals surface area contributed by atoms with Crippen LogP contribution in [0.4, 0.5) is 0 Å². The lowest BCUT2D eigenvalue weighted by molar-refractivity contribution is 0.0246. The Hall–Kier alpha value is -3.93. The number of fused-ring (bicyclic) bond motifs is 1. The molecule has 0 fully saturated rings. The van der Waals surface area contributed by atoms with Crippen molar-refractivity contribution in [3.05, 3.63) is 106 Å². The van der Waals surface area contributed by atoms with Crippen LogP contribution < -0.4 is 0 Å². The number of cyclic esters (lactones) is 1. The van der Waals surface area contributed by atoms with Crippen LogP contribution >= 0.6 is 0 Å². The molecule has 0 amide bonds. The maximum atomic E-state index is 12.7. The van der Waals surface area contributed by atoms with Crippen molar-refractivity contribution in [3.63, 3.8) is 0 Å². The van der Waals surface area contributed by atoms with E-state index in [1.807, 2.05) is 0 Å². The van der Waals surface area contributed by atoms with Gasteiger partial charge in [0.2, 0.25) is 0 Å². The van der Waals surface area contributed by atoms with Crippen LogP contribution in [0.15, 0.2) is 72.8 Å². The molecule has 3 aromatic rings. The Balaban J connectivity index is 2.19. The van der Waals surface area contributed by atoms with Crippen molar-refractivity contribution in [2.75, 3.05) is 0 Å². The van der Waals surface area contributed by atoms with Crippen LogP contribution in [0.3, 0.4) is 0 Å². The van der Waals surface area contributed by atoms with Crippen LogP contribution in [0.5, 0.6) is 0 Å². The monoisotopic (exact) mass is 374 g/mol. The van der Waals surface area contributed by atoms with Gasteiger partial charge in [-0.25, -0.2) is 14.4 Å². The highest BCUT2D eigenvalue weighted by atomic mass is 16.6. The molecule has 1 aliphatic rings. The first kappa shape index (κ1) is 17.5. The number of hydrogen-bond donors (Lipinski definition) is 2. The molecule has 138 valence electrons. The second-order valence-corrected chi connectivity index (χ2v) is 6.32. The van der Waals surface area contributed by atoms with Gasteiger partial charge in [-0.1, -0.05) is 60.7 Å². The number of carboxylic acid groups (broad SMARTS) is 2. The summed E-state index contributed by atoms with van der Waals surface area (Å²) in [5, 5.41) is 19.4. The van der Waals surface area contributed by atoms with Gasteiger partial charge in [0.25, 0.3) is 0 Å². The molecule has 4 rings (SSSR count). The van der Waals surface area contributed by atoms with E-state index in [-0.39, 0.29) is 11.1 Å². The zero-order chi connectivity index (χ0) is 19.9. The number of benzene rings is 3. The van der Waals surface area contributed by atoms with E-state index in [1.54, 1.807) is 60.7 Å². The Labute approximate surface area is 159 Å². The first-order valence-corrected chi connectivity index (χ1v) is 8.45. The smallest absolute Gasteiger partial charge is 0.340 e. The van der Waals surface area contributed by atoms with Gasteiger partial charge in [-0.2, -0.15) is 0 Å². The van der Waals surface area contributed by atoms with E-state index < -0.39 is 34.6 Å². The third-order valence-corrected chi connectivity index (χ3v) is 4.83. The van der Waals surface area contributed by atoms with E-state index in [0.29, 0.717) is 11.1 Å². The second-order valence-electron chi connectivity index (χ2n) is 6.32. The van der Waals surface area contributed by atoms with Crippen LogP contribution in [0.1, 0.15) is 47.8 Å². The molecule has 0 radical (unpaired) electrons. The Morgan fingerprint density at radius 1 is 0.750 bits per heavy atom.